The molecule has 1 fully saturated rings. The zero-order chi connectivity index (χ0) is 21.0. The lowest BCUT2D eigenvalue weighted by Crippen LogP contribution is -2.65. The molecule has 4 aliphatic rings. The van der Waals surface area contributed by atoms with E-state index in [0.29, 0.717) is 31.7 Å². The Kier molecular flexibility index (Phi) is 4.27. The fraction of sp³-hybridized carbons (Fsp3) is 0.500. The SMILES string of the molecule is CCOC(=O)Oc1ccc2c3c1O[C@H]1C(=O)C=CC4C(C2)N(C(=O)OCC)CCC341. The number of ketones is 1. The van der Waals surface area contributed by atoms with Gasteiger partial charge in [-0.15, -0.1) is 0 Å². The third-order valence-corrected chi connectivity index (χ3v) is 6.67. The number of benzene rings is 1. The topological polar surface area (TPSA) is 91.4 Å². The van der Waals surface area contributed by atoms with Gasteiger partial charge in [0.15, 0.2) is 23.4 Å². The molecule has 2 heterocycles. The van der Waals surface area contributed by atoms with Gasteiger partial charge < -0.3 is 23.8 Å². The zero-order valence-electron chi connectivity index (χ0n) is 16.9. The monoisotopic (exact) mass is 413 g/mol. The molecule has 0 saturated carbocycles. The van der Waals surface area contributed by atoms with E-state index in [1.165, 1.54) is 0 Å². The van der Waals surface area contributed by atoms with Gasteiger partial charge in [-0.3, -0.25) is 4.79 Å². The first-order chi connectivity index (χ1) is 14.5. The molecule has 8 heteroatoms. The highest BCUT2D eigenvalue weighted by atomic mass is 16.7. The number of likely N-dealkylation sites (tertiary alicyclic amines) is 1. The molecular formula is C22H23NO7. The number of piperidine rings is 1. The Morgan fingerprint density at radius 1 is 1.23 bits per heavy atom. The van der Waals surface area contributed by atoms with E-state index in [1.807, 2.05) is 12.1 Å². The van der Waals surface area contributed by atoms with Gasteiger partial charge in [-0.1, -0.05) is 12.1 Å². The first kappa shape index (κ1) is 19.0. The van der Waals surface area contributed by atoms with Crippen molar-refractivity contribution >= 4 is 18.0 Å². The van der Waals surface area contributed by atoms with E-state index in [1.54, 1.807) is 30.9 Å². The summed E-state index contributed by atoms with van der Waals surface area (Å²) in [5.41, 5.74) is 1.36. The van der Waals surface area contributed by atoms with Crippen LogP contribution in [0, 0.1) is 5.92 Å². The number of ether oxygens (including phenoxy) is 4. The normalized spacial score (nSPS) is 29.7. The highest BCUT2D eigenvalue weighted by Gasteiger charge is 2.65. The molecule has 4 atom stereocenters. The zero-order valence-corrected chi connectivity index (χ0v) is 16.9. The standard InChI is InChI=1S/C22H23NO7/c1-3-27-20(25)23-10-9-22-13-6-7-15(24)19(22)30-18-16(29-21(26)28-4-2)8-5-12(17(18)22)11-14(13)23/h5-8,13-14,19H,3-4,9-11H2,1-2H3/t13?,14?,19-,22?/m0/s1. The lowest BCUT2D eigenvalue weighted by atomic mass is 9.53. The van der Waals surface area contributed by atoms with Gasteiger partial charge >= 0.3 is 12.2 Å². The smallest absolute Gasteiger partial charge is 0.477 e. The Hall–Kier alpha value is -3.03. The predicted molar refractivity (Wildman–Crippen MR) is 104 cm³/mol. The Morgan fingerprint density at radius 3 is 2.80 bits per heavy atom. The molecule has 8 nitrogen and oxygen atoms in total. The Balaban J connectivity index is 1.62. The van der Waals surface area contributed by atoms with Gasteiger partial charge in [-0.05, 0) is 44.4 Å². The Labute approximate surface area is 173 Å². The maximum atomic E-state index is 12.8. The van der Waals surface area contributed by atoms with Crippen molar-refractivity contribution in [3.63, 3.8) is 0 Å². The molecule has 0 radical (unpaired) electrons. The van der Waals surface area contributed by atoms with Gasteiger partial charge in [-0.2, -0.15) is 0 Å². The quantitative estimate of drug-likeness (QED) is 0.556. The van der Waals surface area contributed by atoms with Gasteiger partial charge in [0.2, 0.25) is 0 Å². The summed E-state index contributed by atoms with van der Waals surface area (Å²) >= 11 is 0. The van der Waals surface area contributed by atoms with Crippen LogP contribution in [-0.2, 0) is 26.1 Å². The van der Waals surface area contributed by atoms with Gasteiger partial charge in [0.25, 0.3) is 0 Å². The number of carbonyl (C=O) groups is 3. The fourth-order valence-electron chi connectivity index (χ4n) is 5.64. The van der Waals surface area contributed by atoms with Gasteiger partial charge in [-0.25, -0.2) is 9.59 Å². The van der Waals surface area contributed by atoms with Crippen molar-refractivity contribution < 1.29 is 33.3 Å². The number of rotatable bonds is 3. The van der Waals surface area contributed by atoms with Gasteiger partial charge in [0.1, 0.15) is 0 Å². The van der Waals surface area contributed by atoms with Crippen LogP contribution in [0.3, 0.4) is 0 Å². The summed E-state index contributed by atoms with van der Waals surface area (Å²) in [6, 6.07) is 3.44. The van der Waals surface area contributed by atoms with Gasteiger partial charge in [0, 0.05) is 24.1 Å². The minimum atomic E-state index is -0.809. The molecule has 5 rings (SSSR count). The van der Waals surface area contributed by atoms with Crippen LogP contribution >= 0.6 is 0 Å². The molecule has 0 aromatic heterocycles. The molecule has 0 N–H and O–H groups in total. The molecular weight excluding hydrogens is 390 g/mol. The highest BCUT2D eigenvalue weighted by molar-refractivity contribution is 5.98. The Bertz CT molecular complexity index is 970. The summed E-state index contributed by atoms with van der Waals surface area (Å²) < 4.78 is 21.7. The second kappa shape index (κ2) is 6.75. The van der Waals surface area contributed by atoms with Crippen LogP contribution < -0.4 is 9.47 Å². The Morgan fingerprint density at radius 2 is 2.03 bits per heavy atom. The second-order valence-electron chi connectivity index (χ2n) is 7.95. The van der Waals surface area contributed by atoms with Crippen molar-refractivity contribution in [2.45, 2.75) is 44.2 Å². The summed E-state index contributed by atoms with van der Waals surface area (Å²) in [5.74, 6) is 0.509. The van der Waals surface area contributed by atoms with Crippen LogP contribution in [0.1, 0.15) is 31.4 Å². The number of carbonyl (C=O) groups excluding carboxylic acids is 3. The van der Waals surface area contributed by atoms with E-state index < -0.39 is 17.7 Å². The van der Waals surface area contributed by atoms with Crippen LogP contribution in [0.15, 0.2) is 24.3 Å². The minimum absolute atomic E-state index is 0.0788. The molecule has 2 aliphatic heterocycles. The average molecular weight is 413 g/mol. The van der Waals surface area contributed by atoms with E-state index in [4.69, 9.17) is 18.9 Å². The fourth-order valence-corrected chi connectivity index (χ4v) is 5.64. The summed E-state index contributed by atoms with van der Waals surface area (Å²) in [4.78, 5) is 39.1. The van der Waals surface area contributed by atoms with Crippen molar-refractivity contribution in [2.75, 3.05) is 19.8 Å². The van der Waals surface area contributed by atoms with Crippen LogP contribution in [0.2, 0.25) is 0 Å². The van der Waals surface area contributed by atoms with Crippen LogP contribution in [-0.4, -0.2) is 54.8 Å². The molecule has 2 aliphatic carbocycles. The van der Waals surface area contributed by atoms with Crippen molar-refractivity contribution in [1.29, 1.82) is 0 Å². The molecule has 1 aromatic carbocycles. The van der Waals surface area contributed by atoms with E-state index in [2.05, 4.69) is 0 Å². The van der Waals surface area contributed by atoms with E-state index >= 15 is 0 Å². The largest absolute Gasteiger partial charge is 0.513 e. The van der Waals surface area contributed by atoms with Gasteiger partial charge in [0.05, 0.1) is 18.6 Å². The van der Waals surface area contributed by atoms with Crippen molar-refractivity contribution in [1.82, 2.24) is 4.90 Å². The van der Waals surface area contributed by atoms with Crippen molar-refractivity contribution in [3.8, 4) is 11.5 Å². The summed E-state index contributed by atoms with van der Waals surface area (Å²) in [7, 11) is 0. The first-order valence-corrected chi connectivity index (χ1v) is 10.3. The number of hydrogen-bond donors (Lipinski definition) is 0. The molecule has 1 spiro atoms. The predicted octanol–water partition coefficient (Wildman–Crippen LogP) is 2.76. The van der Waals surface area contributed by atoms with Crippen molar-refractivity contribution in [2.24, 2.45) is 5.92 Å². The molecule has 1 amide bonds. The molecule has 158 valence electrons. The summed E-state index contributed by atoms with van der Waals surface area (Å²) in [6.07, 6.45) is 2.81. The van der Waals surface area contributed by atoms with E-state index in [9.17, 15) is 14.4 Å². The number of hydrogen-bond acceptors (Lipinski definition) is 7. The lowest BCUT2D eigenvalue weighted by molar-refractivity contribution is -0.127. The van der Waals surface area contributed by atoms with Crippen LogP contribution in [0.5, 0.6) is 11.5 Å². The third-order valence-electron chi connectivity index (χ3n) is 6.67. The highest BCUT2D eigenvalue weighted by Crippen LogP contribution is 2.62. The maximum absolute atomic E-state index is 12.8. The molecule has 30 heavy (non-hydrogen) atoms. The first-order valence-electron chi connectivity index (χ1n) is 10.3. The molecule has 1 aromatic rings. The molecule has 2 bridgehead atoms. The number of nitrogens with zero attached hydrogens (tertiary/aromatic N) is 1. The number of amides is 1. The van der Waals surface area contributed by atoms with Crippen LogP contribution in [0.4, 0.5) is 9.59 Å². The second-order valence-corrected chi connectivity index (χ2v) is 7.95. The van der Waals surface area contributed by atoms with Crippen LogP contribution in [0.25, 0.3) is 0 Å². The summed E-state index contributed by atoms with van der Waals surface area (Å²) in [5, 5.41) is 0. The average Bonchev–Trinajstić information content (AvgIpc) is 3.06. The minimum Gasteiger partial charge on any atom is -0.477 e. The summed E-state index contributed by atoms with van der Waals surface area (Å²) in [6.45, 7) is 4.47. The van der Waals surface area contributed by atoms with E-state index in [0.717, 1.165) is 11.1 Å². The maximum Gasteiger partial charge on any atom is 0.513 e. The molecule has 1 saturated heterocycles. The van der Waals surface area contributed by atoms with E-state index in [-0.39, 0.29) is 36.2 Å². The molecule has 3 unspecified atom stereocenters. The lowest BCUT2D eigenvalue weighted by Gasteiger charge is -2.55. The third kappa shape index (κ3) is 2.42. The van der Waals surface area contributed by atoms with Crippen molar-refractivity contribution in [3.05, 3.63) is 35.4 Å².